The number of rotatable bonds is 2. The number of nitrogens with two attached hydrogens (primary N) is 1. The van der Waals surface area contributed by atoms with Crippen LogP contribution in [-0.4, -0.2) is 17.1 Å². The highest BCUT2D eigenvalue weighted by atomic mass is 35.5. The highest BCUT2D eigenvalue weighted by Crippen LogP contribution is 2.31. The molecule has 2 aromatic heterocycles. The minimum Gasteiger partial charge on any atom is -0.481 e. The molecule has 2 rings (SSSR count). The molecule has 2 aromatic rings. The molecule has 0 spiro atoms. The molecule has 0 fully saturated rings. The van der Waals surface area contributed by atoms with Crippen molar-refractivity contribution >= 4 is 29.0 Å². The van der Waals surface area contributed by atoms with Crippen molar-refractivity contribution in [2.75, 3.05) is 12.8 Å². The van der Waals surface area contributed by atoms with Gasteiger partial charge in [-0.1, -0.05) is 23.2 Å². The molecule has 0 radical (unpaired) electrons. The summed E-state index contributed by atoms with van der Waals surface area (Å²) in [5.74, 6) is 0.718. The van der Waals surface area contributed by atoms with Crippen molar-refractivity contribution in [1.82, 2.24) is 9.97 Å². The van der Waals surface area contributed by atoms with Crippen molar-refractivity contribution in [3.05, 3.63) is 34.4 Å². The molecule has 0 aromatic carbocycles. The average Bonchev–Trinajstić information content (AvgIpc) is 2.34. The van der Waals surface area contributed by atoms with Gasteiger partial charge < -0.3 is 10.5 Å². The molecule has 0 aliphatic heterocycles. The maximum Gasteiger partial charge on any atom is 0.213 e. The van der Waals surface area contributed by atoms with Crippen LogP contribution in [0.4, 0.5) is 5.82 Å². The first kappa shape index (κ1) is 12.0. The van der Waals surface area contributed by atoms with Gasteiger partial charge in [-0.05, 0) is 12.1 Å². The van der Waals surface area contributed by atoms with Gasteiger partial charge in [-0.2, -0.15) is 0 Å². The van der Waals surface area contributed by atoms with Gasteiger partial charge in [-0.25, -0.2) is 9.97 Å². The Labute approximate surface area is 108 Å². The van der Waals surface area contributed by atoms with Crippen molar-refractivity contribution in [3.63, 3.8) is 0 Å². The Bertz CT molecular complexity index is 560. The average molecular weight is 270 g/mol. The predicted octanol–water partition coefficient (Wildman–Crippen LogP) is 3.04. The van der Waals surface area contributed by atoms with Gasteiger partial charge >= 0.3 is 0 Å². The molecule has 0 aliphatic carbocycles. The van der Waals surface area contributed by atoms with Gasteiger partial charge in [0.25, 0.3) is 0 Å². The second-order valence-corrected chi connectivity index (χ2v) is 4.09. The van der Waals surface area contributed by atoms with Gasteiger partial charge in [0.15, 0.2) is 0 Å². The van der Waals surface area contributed by atoms with E-state index in [2.05, 4.69) is 9.97 Å². The van der Waals surface area contributed by atoms with Gasteiger partial charge in [0.05, 0.1) is 22.8 Å². The molecule has 0 amide bonds. The number of halogens is 2. The van der Waals surface area contributed by atoms with Crippen LogP contribution in [0, 0.1) is 0 Å². The summed E-state index contributed by atoms with van der Waals surface area (Å²) in [4.78, 5) is 8.15. The summed E-state index contributed by atoms with van der Waals surface area (Å²) in [5.41, 5.74) is 6.97. The molecule has 4 nitrogen and oxygen atoms in total. The lowest BCUT2D eigenvalue weighted by molar-refractivity contribution is 0.398. The van der Waals surface area contributed by atoms with Crippen LogP contribution in [-0.2, 0) is 0 Å². The Morgan fingerprint density at radius 1 is 1.24 bits per heavy atom. The van der Waals surface area contributed by atoms with E-state index in [0.29, 0.717) is 21.6 Å². The number of anilines is 1. The third-order valence-electron chi connectivity index (χ3n) is 2.17. The number of hydrogen-bond donors (Lipinski definition) is 1. The van der Waals surface area contributed by atoms with Crippen LogP contribution in [0.25, 0.3) is 11.3 Å². The molecule has 0 atom stereocenters. The van der Waals surface area contributed by atoms with E-state index in [4.69, 9.17) is 33.7 Å². The van der Waals surface area contributed by atoms with Gasteiger partial charge in [0, 0.05) is 17.8 Å². The molecule has 0 unspecified atom stereocenters. The fraction of sp³-hybridized carbons (Fsp3) is 0.0909. The van der Waals surface area contributed by atoms with Gasteiger partial charge in [-0.15, -0.1) is 0 Å². The Morgan fingerprint density at radius 2 is 2.00 bits per heavy atom. The SMILES string of the molecule is COc1cc(-c2nc(N)c(Cl)cc2Cl)ccn1. The Hall–Kier alpha value is -1.52. The number of ether oxygens (including phenoxy) is 1. The standard InChI is InChI=1S/C11H9Cl2N3O/c1-17-9-4-6(2-3-15-9)10-7(12)5-8(13)11(14)16-10/h2-5H,1H3,(H2,14,16). The first-order valence-corrected chi connectivity index (χ1v) is 5.49. The van der Waals surface area contributed by atoms with Crippen LogP contribution in [0.2, 0.25) is 10.0 Å². The summed E-state index contributed by atoms with van der Waals surface area (Å²) in [6.45, 7) is 0. The predicted molar refractivity (Wildman–Crippen MR) is 68.5 cm³/mol. The topological polar surface area (TPSA) is 61.0 Å². The molecule has 17 heavy (non-hydrogen) atoms. The summed E-state index contributed by atoms with van der Waals surface area (Å²) in [5, 5.41) is 0.761. The van der Waals surface area contributed by atoms with Gasteiger partial charge in [-0.3, -0.25) is 0 Å². The third-order valence-corrected chi connectivity index (χ3v) is 2.76. The monoisotopic (exact) mass is 269 g/mol. The molecule has 2 heterocycles. The van der Waals surface area contributed by atoms with Gasteiger partial charge in [0.2, 0.25) is 5.88 Å². The first-order valence-electron chi connectivity index (χ1n) is 4.73. The van der Waals surface area contributed by atoms with E-state index in [0.717, 1.165) is 5.56 Å². The van der Waals surface area contributed by atoms with Crippen LogP contribution in [0.1, 0.15) is 0 Å². The van der Waals surface area contributed by atoms with Crippen molar-refractivity contribution in [2.45, 2.75) is 0 Å². The third kappa shape index (κ3) is 2.43. The molecule has 6 heteroatoms. The minimum absolute atomic E-state index is 0.238. The Balaban J connectivity index is 2.56. The molecule has 0 saturated carbocycles. The highest BCUT2D eigenvalue weighted by Gasteiger charge is 2.10. The lowest BCUT2D eigenvalue weighted by Gasteiger charge is -2.07. The Kier molecular flexibility index (Phi) is 3.36. The maximum absolute atomic E-state index is 6.07. The molecule has 0 aliphatic rings. The normalized spacial score (nSPS) is 10.3. The fourth-order valence-electron chi connectivity index (χ4n) is 1.35. The minimum atomic E-state index is 0.238. The lowest BCUT2D eigenvalue weighted by Crippen LogP contribution is -1.95. The molecular weight excluding hydrogens is 261 g/mol. The summed E-state index contributed by atoms with van der Waals surface area (Å²) in [6.07, 6.45) is 1.61. The highest BCUT2D eigenvalue weighted by molar-refractivity contribution is 6.37. The van der Waals surface area contributed by atoms with E-state index < -0.39 is 0 Å². The molecule has 0 bridgehead atoms. The summed E-state index contributed by atoms with van der Waals surface area (Å²) >= 11 is 11.9. The fourth-order valence-corrected chi connectivity index (χ4v) is 1.82. The smallest absolute Gasteiger partial charge is 0.213 e. The lowest BCUT2D eigenvalue weighted by atomic mass is 10.2. The Morgan fingerprint density at radius 3 is 2.71 bits per heavy atom. The second kappa shape index (κ2) is 4.77. The van der Waals surface area contributed by atoms with Crippen molar-refractivity contribution in [1.29, 1.82) is 0 Å². The van der Waals surface area contributed by atoms with Crippen LogP contribution < -0.4 is 10.5 Å². The van der Waals surface area contributed by atoms with Crippen molar-refractivity contribution < 1.29 is 4.74 Å². The molecular formula is C11H9Cl2N3O. The van der Waals surface area contributed by atoms with E-state index in [1.807, 2.05) is 0 Å². The number of nitrogen functional groups attached to an aromatic ring is 1. The molecule has 2 N–H and O–H groups in total. The zero-order valence-electron chi connectivity index (χ0n) is 8.95. The summed E-state index contributed by atoms with van der Waals surface area (Å²) in [7, 11) is 1.54. The number of methoxy groups -OCH3 is 1. The van der Waals surface area contributed by atoms with E-state index in [9.17, 15) is 0 Å². The van der Waals surface area contributed by atoms with Crippen LogP contribution in [0.15, 0.2) is 24.4 Å². The van der Waals surface area contributed by atoms with Crippen molar-refractivity contribution in [3.8, 4) is 17.1 Å². The number of nitrogens with zero attached hydrogens (tertiary/aromatic N) is 2. The van der Waals surface area contributed by atoms with E-state index >= 15 is 0 Å². The van der Waals surface area contributed by atoms with Crippen molar-refractivity contribution in [2.24, 2.45) is 0 Å². The molecule has 0 saturated heterocycles. The summed E-state index contributed by atoms with van der Waals surface area (Å²) in [6, 6.07) is 5.05. The molecule has 88 valence electrons. The quantitative estimate of drug-likeness (QED) is 0.911. The van der Waals surface area contributed by atoms with E-state index in [1.165, 1.54) is 7.11 Å². The zero-order valence-corrected chi connectivity index (χ0v) is 10.5. The van der Waals surface area contributed by atoms with Gasteiger partial charge in [0.1, 0.15) is 5.82 Å². The largest absolute Gasteiger partial charge is 0.481 e. The maximum atomic E-state index is 6.07. The first-order chi connectivity index (χ1) is 8.11. The van der Waals surface area contributed by atoms with E-state index in [-0.39, 0.29) is 5.82 Å². The number of pyridine rings is 2. The number of aromatic nitrogens is 2. The van der Waals surface area contributed by atoms with Crippen LogP contribution >= 0.6 is 23.2 Å². The number of hydrogen-bond acceptors (Lipinski definition) is 4. The second-order valence-electron chi connectivity index (χ2n) is 3.27. The summed E-state index contributed by atoms with van der Waals surface area (Å²) < 4.78 is 5.03. The van der Waals surface area contributed by atoms with Crippen LogP contribution in [0.3, 0.4) is 0 Å². The van der Waals surface area contributed by atoms with E-state index in [1.54, 1.807) is 24.4 Å². The van der Waals surface area contributed by atoms with Crippen LogP contribution in [0.5, 0.6) is 5.88 Å². The zero-order chi connectivity index (χ0) is 12.4.